The molecule has 0 spiro atoms. The molecule has 1 aromatic heterocycles. The van der Waals surface area contributed by atoms with Gasteiger partial charge in [-0.2, -0.15) is 0 Å². The van der Waals surface area contributed by atoms with Gasteiger partial charge in [0, 0.05) is 0 Å². The van der Waals surface area contributed by atoms with Gasteiger partial charge in [-0.1, -0.05) is 17.4 Å². The van der Waals surface area contributed by atoms with Crippen molar-refractivity contribution < 1.29 is 23.8 Å². The highest BCUT2D eigenvalue weighted by atomic mass is 32.1. The molecule has 1 heterocycles. The average molecular weight is 372 g/mol. The molecule has 134 valence electrons. The quantitative estimate of drug-likeness (QED) is 0.691. The van der Waals surface area contributed by atoms with E-state index in [9.17, 15) is 9.59 Å². The Kier molecular flexibility index (Phi) is 5.04. The number of para-hydroxylation sites is 1. The van der Waals surface area contributed by atoms with Crippen LogP contribution in [0.5, 0.6) is 11.5 Å². The van der Waals surface area contributed by atoms with Crippen LogP contribution < -0.4 is 14.8 Å². The van der Waals surface area contributed by atoms with E-state index in [1.54, 1.807) is 36.4 Å². The molecule has 0 fully saturated rings. The lowest BCUT2D eigenvalue weighted by atomic mass is 10.1. The van der Waals surface area contributed by atoms with E-state index in [2.05, 4.69) is 10.3 Å². The van der Waals surface area contributed by atoms with Crippen LogP contribution in [0.4, 0.5) is 5.13 Å². The lowest BCUT2D eigenvalue weighted by molar-refractivity contribution is 0.0601. The van der Waals surface area contributed by atoms with E-state index in [0.717, 1.165) is 4.70 Å². The van der Waals surface area contributed by atoms with Gasteiger partial charge >= 0.3 is 5.97 Å². The third-order valence-electron chi connectivity index (χ3n) is 3.68. The Morgan fingerprint density at radius 3 is 2.58 bits per heavy atom. The number of anilines is 1. The summed E-state index contributed by atoms with van der Waals surface area (Å²) in [5.74, 6) is 0.0220. The maximum absolute atomic E-state index is 12.6. The number of carbonyl (C=O) groups excluding carboxylic acids is 2. The zero-order chi connectivity index (χ0) is 18.7. The van der Waals surface area contributed by atoms with Gasteiger partial charge in [-0.3, -0.25) is 10.1 Å². The largest absolute Gasteiger partial charge is 0.493 e. The van der Waals surface area contributed by atoms with Crippen LogP contribution >= 0.6 is 11.3 Å². The van der Waals surface area contributed by atoms with Crippen LogP contribution in [-0.2, 0) is 4.74 Å². The maximum Gasteiger partial charge on any atom is 0.337 e. The molecule has 0 aliphatic rings. The van der Waals surface area contributed by atoms with Gasteiger partial charge in [0.05, 0.1) is 42.7 Å². The Hall–Kier alpha value is -3.13. The van der Waals surface area contributed by atoms with Crippen molar-refractivity contribution in [3.8, 4) is 11.5 Å². The Morgan fingerprint density at radius 2 is 1.88 bits per heavy atom. The Labute approximate surface area is 153 Å². The average Bonchev–Trinajstić information content (AvgIpc) is 3.07. The SMILES string of the molecule is COC(=O)c1ccc2nc(NC(=O)c3cccc(OC)c3OC)sc2c1. The first kappa shape index (κ1) is 17.7. The lowest BCUT2D eigenvalue weighted by Crippen LogP contribution is -2.13. The summed E-state index contributed by atoms with van der Waals surface area (Å²) in [6.45, 7) is 0. The van der Waals surface area contributed by atoms with Gasteiger partial charge in [0.25, 0.3) is 5.91 Å². The summed E-state index contributed by atoms with van der Waals surface area (Å²) in [5, 5.41) is 3.17. The van der Waals surface area contributed by atoms with Gasteiger partial charge < -0.3 is 14.2 Å². The van der Waals surface area contributed by atoms with E-state index in [-0.39, 0.29) is 5.91 Å². The fourth-order valence-corrected chi connectivity index (χ4v) is 3.35. The predicted molar refractivity (Wildman–Crippen MR) is 98.5 cm³/mol. The zero-order valence-electron chi connectivity index (χ0n) is 14.4. The van der Waals surface area contributed by atoms with E-state index < -0.39 is 5.97 Å². The van der Waals surface area contributed by atoms with Crippen LogP contribution in [0.1, 0.15) is 20.7 Å². The number of hydrogen-bond acceptors (Lipinski definition) is 7. The molecule has 0 radical (unpaired) electrons. The number of hydrogen-bond donors (Lipinski definition) is 1. The second-order valence-corrected chi connectivity index (χ2v) is 6.22. The number of amides is 1. The standard InChI is InChI=1S/C18H16N2O5S/c1-23-13-6-4-5-11(15(13)24-2)16(21)20-18-19-12-8-7-10(17(22)25-3)9-14(12)26-18/h4-9H,1-3H3,(H,19,20,21). The number of methoxy groups -OCH3 is 3. The van der Waals surface area contributed by atoms with Crippen molar-refractivity contribution in [2.75, 3.05) is 26.6 Å². The topological polar surface area (TPSA) is 86.8 Å². The smallest absolute Gasteiger partial charge is 0.337 e. The molecule has 0 bridgehead atoms. The first-order chi connectivity index (χ1) is 12.6. The molecule has 7 nitrogen and oxygen atoms in total. The fourth-order valence-electron chi connectivity index (χ4n) is 2.45. The number of aromatic nitrogens is 1. The lowest BCUT2D eigenvalue weighted by Gasteiger charge is -2.11. The minimum absolute atomic E-state index is 0.335. The van der Waals surface area contributed by atoms with Gasteiger partial charge in [-0.05, 0) is 30.3 Å². The number of nitrogens with zero attached hydrogens (tertiary/aromatic N) is 1. The first-order valence-electron chi connectivity index (χ1n) is 7.58. The summed E-state index contributed by atoms with van der Waals surface area (Å²) in [5.41, 5.74) is 1.44. The van der Waals surface area contributed by atoms with Gasteiger partial charge in [0.2, 0.25) is 0 Å². The highest BCUT2D eigenvalue weighted by Crippen LogP contribution is 2.32. The number of fused-ring (bicyclic) bond motifs is 1. The monoisotopic (exact) mass is 372 g/mol. The summed E-state index contributed by atoms with van der Waals surface area (Å²) in [6.07, 6.45) is 0. The number of ether oxygens (including phenoxy) is 3. The van der Waals surface area contributed by atoms with E-state index in [4.69, 9.17) is 14.2 Å². The molecule has 0 unspecified atom stereocenters. The Balaban J connectivity index is 1.89. The van der Waals surface area contributed by atoms with Crippen molar-refractivity contribution in [2.24, 2.45) is 0 Å². The van der Waals surface area contributed by atoms with Crippen molar-refractivity contribution >= 4 is 38.6 Å². The molecule has 3 aromatic rings. The molecule has 0 saturated heterocycles. The third-order valence-corrected chi connectivity index (χ3v) is 4.61. The Morgan fingerprint density at radius 1 is 1.08 bits per heavy atom. The van der Waals surface area contributed by atoms with Crippen molar-refractivity contribution in [1.82, 2.24) is 4.98 Å². The molecule has 0 saturated carbocycles. The van der Waals surface area contributed by atoms with Crippen LogP contribution in [0.2, 0.25) is 0 Å². The molecule has 3 rings (SSSR count). The minimum atomic E-state index is -0.424. The molecule has 26 heavy (non-hydrogen) atoms. The van der Waals surface area contributed by atoms with Crippen LogP contribution in [0.3, 0.4) is 0 Å². The Bertz CT molecular complexity index is 983. The summed E-state index contributed by atoms with van der Waals surface area (Å²) in [7, 11) is 4.30. The molecule has 0 aliphatic carbocycles. The molecule has 1 N–H and O–H groups in total. The van der Waals surface area contributed by atoms with Gasteiger partial charge in [0.15, 0.2) is 16.6 Å². The van der Waals surface area contributed by atoms with Gasteiger partial charge in [-0.15, -0.1) is 0 Å². The molecule has 0 atom stereocenters. The number of rotatable bonds is 5. The van der Waals surface area contributed by atoms with E-state index in [1.807, 2.05) is 0 Å². The summed E-state index contributed by atoms with van der Waals surface area (Å²) in [6, 6.07) is 10.1. The van der Waals surface area contributed by atoms with Crippen molar-refractivity contribution in [1.29, 1.82) is 0 Å². The second kappa shape index (κ2) is 7.40. The number of benzene rings is 2. The summed E-state index contributed by atoms with van der Waals surface area (Å²) in [4.78, 5) is 28.6. The molecular formula is C18H16N2O5S. The zero-order valence-corrected chi connectivity index (χ0v) is 15.2. The van der Waals surface area contributed by atoms with Crippen LogP contribution in [-0.4, -0.2) is 38.2 Å². The van der Waals surface area contributed by atoms with Crippen LogP contribution in [0.25, 0.3) is 10.2 Å². The van der Waals surface area contributed by atoms with E-state index in [1.165, 1.54) is 32.7 Å². The first-order valence-corrected chi connectivity index (χ1v) is 8.40. The highest BCUT2D eigenvalue weighted by molar-refractivity contribution is 7.22. The van der Waals surface area contributed by atoms with Crippen molar-refractivity contribution in [3.05, 3.63) is 47.5 Å². The maximum atomic E-state index is 12.6. The number of carbonyl (C=O) groups is 2. The fraction of sp³-hybridized carbons (Fsp3) is 0.167. The van der Waals surface area contributed by atoms with E-state index >= 15 is 0 Å². The predicted octanol–water partition coefficient (Wildman–Crippen LogP) is 3.35. The molecule has 2 aromatic carbocycles. The van der Waals surface area contributed by atoms with Crippen molar-refractivity contribution in [2.45, 2.75) is 0 Å². The van der Waals surface area contributed by atoms with Crippen molar-refractivity contribution in [3.63, 3.8) is 0 Å². The number of thiazole rings is 1. The summed E-state index contributed by atoms with van der Waals surface area (Å²) < 4.78 is 16.0. The van der Waals surface area contributed by atoms with Gasteiger partial charge in [-0.25, -0.2) is 9.78 Å². The normalized spacial score (nSPS) is 10.4. The third kappa shape index (κ3) is 3.31. The van der Waals surface area contributed by atoms with Crippen LogP contribution in [0, 0.1) is 0 Å². The molecule has 0 aliphatic heterocycles. The molecule has 8 heteroatoms. The summed E-state index contributed by atoms with van der Waals surface area (Å²) >= 11 is 1.26. The number of esters is 1. The van der Waals surface area contributed by atoms with E-state index in [0.29, 0.717) is 33.3 Å². The molecule has 1 amide bonds. The minimum Gasteiger partial charge on any atom is -0.493 e. The van der Waals surface area contributed by atoms with Crippen LogP contribution in [0.15, 0.2) is 36.4 Å². The van der Waals surface area contributed by atoms with Gasteiger partial charge in [0.1, 0.15) is 0 Å². The highest BCUT2D eigenvalue weighted by Gasteiger charge is 2.18. The molecular weight excluding hydrogens is 356 g/mol. The second-order valence-electron chi connectivity index (χ2n) is 5.19. The number of nitrogens with one attached hydrogen (secondary N) is 1.